The molecular formula is C14H17ClN4O. The number of aromatic nitrogens is 3. The number of hydrogen-bond acceptors (Lipinski definition) is 5. The highest BCUT2D eigenvalue weighted by atomic mass is 35.5. The Labute approximate surface area is 123 Å². The molecule has 2 aromatic heterocycles. The Morgan fingerprint density at radius 1 is 1.30 bits per heavy atom. The first-order valence-electron chi connectivity index (χ1n) is 6.35. The van der Waals surface area contributed by atoms with Crippen molar-refractivity contribution in [3.8, 4) is 5.88 Å². The highest BCUT2D eigenvalue weighted by Gasteiger charge is 2.07. The van der Waals surface area contributed by atoms with Crippen molar-refractivity contribution >= 4 is 17.4 Å². The van der Waals surface area contributed by atoms with Crippen molar-refractivity contribution in [2.45, 2.75) is 26.3 Å². The van der Waals surface area contributed by atoms with Crippen LogP contribution in [0.1, 0.15) is 31.2 Å². The smallest absolute Gasteiger partial charge is 0.212 e. The number of halogens is 1. The Balaban J connectivity index is 2.06. The van der Waals surface area contributed by atoms with Crippen molar-refractivity contribution in [3.05, 3.63) is 40.9 Å². The van der Waals surface area contributed by atoms with E-state index in [1.807, 2.05) is 26.0 Å². The second-order valence-corrected chi connectivity index (χ2v) is 5.04. The van der Waals surface area contributed by atoms with E-state index < -0.39 is 0 Å². The molecule has 2 heterocycles. The van der Waals surface area contributed by atoms with Crippen molar-refractivity contribution in [1.29, 1.82) is 0 Å². The number of ether oxygens (including phenoxy) is 1. The van der Waals surface area contributed by atoms with Crippen LogP contribution in [0, 0.1) is 0 Å². The van der Waals surface area contributed by atoms with E-state index in [9.17, 15) is 0 Å². The van der Waals surface area contributed by atoms with Crippen LogP contribution in [0.2, 0.25) is 5.15 Å². The van der Waals surface area contributed by atoms with Gasteiger partial charge in [-0.3, -0.25) is 0 Å². The fourth-order valence-corrected chi connectivity index (χ4v) is 1.80. The van der Waals surface area contributed by atoms with Crippen LogP contribution in [-0.4, -0.2) is 22.1 Å². The monoisotopic (exact) mass is 292 g/mol. The summed E-state index contributed by atoms with van der Waals surface area (Å²) >= 11 is 6.00. The summed E-state index contributed by atoms with van der Waals surface area (Å²) in [5.41, 5.74) is 1.03. The maximum atomic E-state index is 6.00. The number of rotatable bonds is 5. The molecule has 0 spiro atoms. The van der Waals surface area contributed by atoms with Crippen LogP contribution >= 0.6 is 11.6 Å². The Kier molecular flexibility index (Phi) is 4.74. The van der Waals surface area contributed by atoms with E-state index in [-0.39, 0.29) is 5.92 Å². The van der Waals surface area contributed by atoms with Crippen LogP contribution in [0.3, 0.4) is 0 Å². The number of methoxy groups -OCH3 is 1. The van der Waals surface area contributed by atoms with Gasteiger partial charge in [-0.05, 0) is 5.56 Å². The number of hydrogen-bond donors (Lipinski definition) is 1. The van der Waals surface area contributed by atoms with Gasteiger partial charge in [0.05, 0.1) is 7.11 Å². The molecule has 0 aliphatic rings. The predicted octanol–water partition coefficient (Wildman–Crippen LogP) is 3.27. The van der Waals surface area contributed by atoms with Gasteiger partial charge in [0.1, 0.15) is 16.8 Å². The van der Waals surface area contributed by atoms with Crippen LogP contribution in [0.5, 0.6) is 5.88 Å². The molecule has 0 atom stereocenters. The summed E-state index contributed by atoms with van der Waals surface area (Å²) in [6, 6.07) is 5.49. The minimum Gasteiger partial charge on any atom is -0.481 e. The highest BCUT2D eigenvalue weighted by Crippen LogP contribution is 2.17. The third-order valence-corrected chi connectivity index (χ3v) is 2.90. The van der Waals surface area contributed by atoms with Gasteiger partial charge in [0.25, 0.3) is 0 Å². The molecule has 2 rings (SSSR count). The van der Waals surface area contributed by atoms with Gasteiger partial charge in [0.15, 0.2) is 0 Å². The number of pyridine rings is 1. The summed E-state index contributed by atoms with van der Waals surface area (Å²) in [5, 5.41) is 3.66. The zero-order valence-corrected chi connectivity index (χ0v) is 12.5. The van der Waals surface area contributed by atoms with Crippen LogP contribution in [0.25, 0.3) is 0 Å². The van der Waals surface area contributed by atoms with E-state index in [1.165, 1.54) is 0 Å². The normalized spacial score (nSPS) is 10.7. The molecule has 5 nitrogen and oxygen atoms in total. The molecule has 0 unspecified atom stereocenters. The molecule has 0 saturated heterocycles. The molecule has 0 aliphatic heterocycles. The zero-order valence-electron chi connectivity index (χ0n) is 11.7. The lowest BCUT2D eigenvalue weighted by Crippen LogP contribution is -2.06. The molecule has 0 aromatic carbocycles. The molecule has 2 aromatic rings. The first-order chi connectivity index (χ1) is 9.58. The van der Waals surface area contributed by atoms with Gasteiger partial charge >= 0.3 is 0 Å². The Morgan fingerprint density at radius 2 is 2.10 bits per heavy atom. The molecule has 6 heteroatoms. The van der Waals surface area contributed by atoms with Crippen LogP contribution < -0.4 is 10.1 Å². The van der Waals surface area contributed by atoms with Gasteiger partial charge in [-0.2, -0.15) is 0 Å². The van der Waals surface area contributed by atoms with Gasteiger partial charge < -0.3 is 10.1 Å². The Morgan fingerprint density at radius 3 is 2.70 bits per heavy atom. The largest absolute Gasteiger partial charge is 0.481 e. The van der Waals surface area contributed by atoms with E-state index in [0.717, 1.165) is 11.4 Å². The summed E-state index contributed by atoms with van der Waals surface area (Å²) < 4.78 is 5.02. The summed E-state index contributed by atoms with van der Waals surface area (Å²) in [5.74, 6) is 2.27. The van der Waals surface area contributed by atoms with E-state index >= 15 is 0 Å². The second-order valence-electron chi connectivity index (χ2n) is 4.65. The number of anilines is 1. The highest BCUT2D eigenvalue weighted by molar-refractivity contribution is 6.29. The summed E-state index contributed by atoms with van der Waals surface area (Å²) in [4.78, 5) is 12.8. The zero-order chi connectivity index (χ0) is 14.5. The van der Waals surface area contributed by atoms with E-state index in [4.69, 9.17) is 16.3 Å². The lowest BCUT2D eigenvalue weighted by atomic mass is 10.2. The maximum Gasteiger partial charge on any atom is 0.212 e. The van der Waals surface area contributed by atoms with Crippen molar-refractivity contribution in [2.75, 3.05) is 12.4 Å². The summed E-state index contributed by atoms with van der Waals surface area (Å²) in [7, 11) is 1.59. The fraction of sp³-hybridized carbons (Fsp3) is 0.357. The number of nitrogens with zero attached hydrogens (tertiary/aromatic N) is 3. The standard InChI is InChI=1S/C14H17ClN4O/c1-9(2)14-18-11(15)6-12(19-14)16-7-10-4-5-13(20-3)17-8-10/h4-6,8-9H,7H2,1-3H3,(H,16,18,19). The Bertz CT molecular complexity index is 572. The van der Waals surface area contributed by atoms with Gasteiger partial charge in [-0.15, -0.1) is 0 Å². The van der Waals surface area contributed by atoms with E-state index in [0.29, 0.717) is 23.4 Å². The van der Waals surface area contributed by atoms with Gasteiger partial charge in [0, 0.05) is 30.8 Å². The minimum absolute atomic E-state index is 0.233. The Hall–Kier alpha value is -1.88. The molecule has 0 fully saturated rings. The van der Waals surface area contributed by atoms with Gasteiger partial charge in [-0.25, -0.2) is 15.0 Å². The average Bonchev–Trinajstić information content (AvgIpc) is 2.45. The second kappa shape index (κ2) is 6.52. The third kappa shape index (κ3) is 3.81. The fourth-order valence-electron chi connectivity index (χ4n) is 1.61. The molecule has 106 valence electrons. The number of nitrogens with one attached hydrogen (secondary N) is 1. The SMILES string of the molecule is COc1ccc(CNc2cc(Cl)nc(C(C)C)n2)cn1. The lowest BCUT2D eigenvalue weighted by molar-refractivity contribution is 0.397. The summed E-state index contributed by atoms with van der Waals surface area (Å²) in [6.07, 6.45) is 1.76. The quantitative estimate of drug-likeness (QED) is 0.857. The molecule has 20 heavy (non-hydrogen) atoms. The maximum absolute atomic E-state index is 6.00. The third-order valence-electron chi connectivity index (χ3n) is 2.71. The first-order valence-corrected chi connectivity index (χ1v) is 6.73. The first kappa shape index (κ1) is 14.5. The van der Waals surface area contributed by atoms with Crippen molar-refractivity contribution in [2.24, 2.45) is 0 Å². The minimum atomic E-state index is 0.233. The predicted molar refractivity (Wildman–Crippen MR) is 79.2 cm³/mol. The lowest BCUT2D eigenvalue weighted by Gasteiger charge is -2.09. The van der Waals surface area contributed by atoms with Gasteiger partial charge in [0.2, 0.25) is 5.88 Å². The van der Waals surface area contributed by atoms with Crippen molar-refractivity contribution in [1.82, 2.24) is 15.0 Å². The molecule has 0 bridgehead atoms. The molecule has 1 N–H and O–H groups in total. The molecular weight excluding hydrogens is 276 g/mol. The van der Waals surface area contributed by atoms with Crippen molar-refractivity contribution in [3.63, 3.8) is 0 Å². The van der Waals surface area contributed by atoms with Crippen LogP contribution in [-0.2, 0) is 6.54 Å². The van der Waals surface area contributed by atoms with Crippen LogP contribution in [0.15, 0.2) is 24.4 Å². The van der Waals surface area contributed by atoms with Crippen LogP contribution in [0.4, 0.5) is 5.82 Å². The molecule has 0 amide bonds. The van der Waals surface area contributed by atoms with Gasteiger partial charge in [-0.1, -0.05) is 31.5 Å². The average molecular weight is 293 g/mol. The van der Waals surface area contributed by atoms with Crippen molar-refractivity contribution < 1.29 is 4.74 Å². The molecule has 0 aliphatic carbocycles. The van der Waals surface area contributed by atoms with E-state index in [1.54, 1.807) is 19.4 Å². The molecule has 0 radical (unpaired) electrons. The van der Waals surface area contributed by atoms with E-state index in [2.05, 4.69) is 20.3 Å². The summed E-state index contributed by atoms with van der Waals surface area (Å²) in [6.45, 7) is 4.67. The topological polar surface area (TPSA) is 59.9 Å². The molecule has 0 saturated carbocycles.